The van der Waals surface area contributed by atoms with E-state index in [0.717, 1.165) is 10.9 Å². The molecule has 0 aliphatic carbocycles. The fourth-order valence-corrected chi connectivity index (χ4v) is 6.95. The maximum absolute atomic E-state index is 15.4. The van der Waals surface area contributed by atoms with Crippen molar-refractivity contribution < 1.29 is 42.4 Å². The Labute approximate surface area is 244 Å². The van der Waals surface area contributed by atoms with E-state index >= 15 is 4.39 Å². The predicted molar refractivity (Wildman–Crippen MR) is 144 cm³/mol. The van der Waals surface area contributed by atoms with E-state index in [1.165, 1.54) is 17.2 Å². The Morgan fingerprint density at radius 1 is 1.19 bits per heavy atom. The zero-order valence-electron chi connectivity index (χ0n) is 21.7. The van der Waals surface area contributed by atoms with Gasteiger partial charge in [0.05, 0.1) is 32.5 Å². The van der Waals surface area contributed by atoms with Gasteiger partial charge in [-0.25, -0.2) is 28.9 Å². The van der Waals surface area contributed by atoms with Gasteiger partial charge in [0.25, 0.3) is 5.56 Å². The van der Waals surface area contributed by atoms with Crippen LogP contribution in [0.15, 0.2) is 23.8 Å². The number of imidazole rings is 2. The SMILES string of the molecule is Nc1nc2c(ncn2[C@@H]2O[C@H](CO)[C@@H](F)[C@H]2OP(=O)(S)OC[C@]23CO[C@H](C2O)[C@H](n2cnc4c(N)ncnc42)O3)c(=O)[nH]1. The summed E-state index contributed by atoms with van der Waals surface area (Å²) in [6, 6.07) is 0. The highest BCUT2D eigenvalue weighted by molar-refractivity contribution is 8.44. The van der Waals surface area contributed by atoms with Gasteiger partial charge in [0.2, 0.25) is 5.95 Å². The first-order chi connectivity index (χ1) is 20.5. The van der Waals surface area contributed by atoms with E-state index < -0.39 is 74.2 Å². The summed E-state index contributed by atoms with van der Waals surface area (Å²) in [5, 5.41) is 20.7. The number of thiol groups is 1. The van der Waals surface area contributed by atoms with Gasteiger partial charge in [-0.3, -0.25) is 28.0 Å². The van der Waals surface area contributed by atoms with Gasteiger partial charge in [0.1, 0.15) is 41.9 Å². The zero-order chi connectivity index (χ0) is 30.3. The molecule has 7 heterocycles. The standard InChI is InChI=1S/C21H24FN10O9PS/c22-8-7(1-33)39-18(32-6-28-10-16(32)29-20(24)30-17(10)35)11(8)41-42(36,43)38-3-21-2-37-12(13(21)34)19(40-21)31-5-27-9-14(23)25-4-26-15(9)31/h4-8,11-13,18-19,33-34H,1-3H2,(H,36,43)(H2,23,25,26)(H3,24,29,30,35)/t7-,8-,11-,12-,13?,18-,19-,21-,42?/m1/s1. The van der Waals surface area contributed by atoms with Crippen molar-refractivity contribution in [1.82, 2.24) is 39.0 Å². The maximum atomic E-state index is 15.4. The minimum Gasteiger partial charge on any atom is -0.394 e. The first-order valence-electron chi connectivity index (χ1n) is 12.7. The van der Waals surface area contributed by atoms with Crippen molar-refractivity contribution in [2.75, 3.05) is 31.3 Å². The number of halogens is 1. The number of aliphatic hydroxyl groups is 2. The topological polar surface area (TPSA) is 263 Å². The molecule has 19 nitrogen and oxygen atoms in total. The lowest BCUT2D eigenvalue weighted by molar-refractivity contribution is -0.183. The smallest absolute Gasteiger partial charge is 0.386 e. The van der Waals surface area contributed by atoms with Crippen LogP contribution in [0.25, 0.3) is 22.3 Å². The third-order valence-electron chi connectivity index (χ3n) is 7.56. The van der Waals surface area contributed by atoms with Crippen LogP contribution in [0.2, 0.25) is 0 Å². The van der Waals surface area contributed by atoms with Gasteiger partial charge in [0.15, 0.2) is 41.3 Å². The molecule has 3 aliphatic heterocycles. The fraction of sp³-hybridized carbons (Fsp3) is 0.524. The number of nitrogens with zero attached hydrogens (tertiary/aromatic N) is 7. The van der Waals surface area contributed by atoms with E-state index in [9.17, 15) is 19.6 Å². The number of aromatic nitrogens is 8. The summed E-state index contributed by atoms with van der Waals surface area (Å²) in [6.07, 6.45) is -5.72. The molecular formula is C21H24FN10O9PS. The van der Waals surface area contributed by atoms with E-state index in [0.29, 0.717) is 11.2 Å². The summed E-state index contributed by atoms with van der Waals surface area (Å²) in [4.78, 5) is 34.8. The van der Waals surface area contributed by atoms with Crippen LogP contribution in [0.3, 0.4) is 0 Å². The van der Waals surface area contributed by atoms with Crippen molar-refractivity contribution in [2.24, 2.45) is 0 Å². The van der Waals surface area contributed by atoms with Crippen molar-refractivity contribution in [1.29, 1.82) is 0 Å². The number of hydrogen-bond acceptors (Lipinski definition) is 16. The highest BCUT2D eigenvalue weighted by Gasteiger charge is 2.63. The van der Waals surface area contributed by atoms with Gasteiger partial charge in [-0.1, -0.05) is 12.2 Å². The van der Waals surface area contributed by atoms with E-state index in [1.54, 1.807) is 0 Å². The molecule has 230 valence electrons. The number of rotatable bonds is 8. The molecule has 7 rings (SSSR count). The quantitative estimate of drug-likeness (QED) is 0.0975. The molecule has 43 heavy (non-hydrogen) atoms. The number of fused-ring (bicyclic) bond motifs is 4. The number of nitrogens with one attached hydrogen (secondary N) is 1. The van der Waals surface area contributed by atoms with E-state index in [2.05, 4.69) is 42.2 Å². The second kappa shape index (κ2) is 10.1. The normalized spacial score (nSPS) is 33.5. The van der Waals surface area contributed by atoms with Crippen molar-refractivity contribution in [3.05, 3.63) is 29.3 Å². The third-order valence-corrected chi connectivity index (χ3v) is 9.16. The molecule has 22 heteroatoms. The second-order valence-corrected chi connectivity index (χ2v) is 13.0. The molecule has 7 N–H and O–H groups in total. The molecule has 4 aromatic rings. The number of anilines is 2. The van der Waals surface area contributed by atoms with Crippen LogP contribution in [0, 0.1) is 0 Å². The lowest BCUT2D eigenvalue weighted by Gasteiger charge is -2.32. The number of nitrogens with two attached hydrogens (primary N) is 2. The van der Waals surface area contributed by atoms with Crippen LogP contribution in [0.1, 0.15) is 12.5 Å². The summed E-state index contributed by atoms with van der Waals surface area (Å²) in [5.41, 5.74) is 9.83. The highest BCUT2D eigenvalue weighted by atomic mass is 32.7. The number of hydrogen-bond donors (Lipinski definition) is 6. The van der Waals surface area contributed by atoms with Crippen LogP contribution >= 0.6 is 19.0 Å². The van der Waals surface area contributed by atoms with Crippen LogP contribution < -0.4 is 17.0 Å². The van der Waals surface area contributed by atoms with Gasteiger partial charge in [-0.2, -0.15) is 4.98 Å². The van der Waals surface area contributed by atoms with Gasteiger partial charge in [-0.05, 0) is 0 Å². The molecule has 0 saturated carbocycles. The Hall–Kier alpha value is -3.27. The summed E-state index contributed by atoms with van der Waals surface area (Å²) in [5.74, 6) is -0.0871. The van der Waals surface area contributed by atoms with Crippen LogP contribution in [0.4, 0.5) is 16.2 Å². The molecule has 0 radical (unpaired) electrons. The minimum absolute atomic E-state index is 0.0684. The molecule has 0 aromatic carbocycles. The number of H-pyrrole nitrogens is 1. The number of aromatic amines is 1. The van der Waals surface area contributed by atoms with Gasteiger partial charge >= 0.3 is 6.80 Å². The van der Waals surface area contributed by atoms with Crippen molar-refractivity contribution >= 4 is 53.1 Å². The first kappa shape index (κ1) is 28.5. The van der Waals surface area contributed by atoms with Crippen LogP contribution in [-0.4, -0.2) is 105 Å². The predicted octanol–water partition coefficient (Wildman–Crippen LogP) is -1.18. The highest BCUT2D eigenvalue weighted by Crippen LogP contribution is 2.58. The van der Waals surface area contributed by atoms with Gasteiger partial charge < -0.3 is 35.9 Å². The average Bonchev–Trinajstić information content (AvgIpc) is 3.77. The number of nitrogen functional groups attached to an aromatic ring is 2. The molecule has 2 bridgehead atoms. The van der Waals surface area contributed by atoms with Crippen LogP contribution in [-0.2, 0) is 27.8 Å². The van der Waals surface area contributed by atoms with Crippen molar-refractivity contribution in [3.63, 3.8) is 0 Å². The summed E-state index contributed by atoms with van der Waals surface area (Å²) in [7, 11) is 0. The summed E-state index contributed by atoms with van der Waals surface area (Å²) >= 11 is 4.03. The third kappa shape index (κ3) is 4.50. The summed E-state index contributed by atoms with van der Waals surface area (Å²) < 4.78 is 60.1. The second-order valence-electron chi connectivity index (χ2n) is 10.2. The minimum atomic E-state index is -4.43. The largest absolute Gasteiger partial charge is 0.394 e. The maximum Gasteiger partial charge on any atom is 0.386 e. The lowest BCUT2D eigenvalue weighted by atomic mass is 10.0. The zero-order valence-corrected chi connectivity index (χ0v) is 23.5. The van der Waals surface area contributed by atoms with Gasteiger partial charge in [-0.15, -0.1) is 0 Å². The van der Waals surface area contributed by atoms with Gasteiger partial charge in [0, 0.05) is 0 Å². The molecule has 9 atom stereocenters. The Morgan fingerprint density at radius 3 is 2.70 bits per heavy atom. The molecule has 0 amide bonds. The van der Waals surface area contributed by atoms with E-state index in [-0.39, 0.29) is 29.5 Å². The van der Waals surface area contributed by atoms with Crippen molar-refractivity contribution in [2.45, 2.75) is 48.6 Å². The number of ether oxygens (including phenoxy) is 3. The first-order valence-corrected chi connectivity index (χ1v) is 15.4. The lowest BCUT2D eigenvalue weighted by Crippen LogP contribution is -2.44. The molecule has 4 aromatic heterocycles. The number of aliphatic hydroxyl groups excluding tert-OH is 2. The van der Waals surface area contributed by atoms with Crippen molar-refractivity contribution in [3.8, 4) is 0 Å². The number of alkyl halides is 1. The Morgan fingerprint density at radius 2 is 1.93 bits per heavy atom. The van der Waals surface area contributed by atoms with E-state index in [1.807, 2.05) is 0 Å². The Bertz CT molecular complexity index is 1820. The summed E-state index contributed by atoms with van der Waals surface area (Å²) in [6.45, 7) is -5.85. The molecule has 3 aliphatic rings. The van der Waals surface area contributed by atoms with E-state index in [4.69, 9.17) is 34.7 Å². The molecule has 3 fully saturated rings. The molecule has 2 unspecified atom stereocenters. The molecule has 0 spiro atoms. The molecule has 3 saturated heterocycles. The molecular weight excluding hydrogens is 618 g/mol. The van der Waals surface area contributed by atoms with Crippen LogP contribution in [0.5, 0.6) is 0 Å². The Balaban J connectivity index is 1.11. The fourth-order valence-electron chi connectivity index (χ4n) is 5.48. The Kier molecular flexibility index (Phi) is 6.72. The monoisotopic (exact) mass is 642 g/mol. The average molecular weight is 643 g/mol.